The number of carbonyl (C=O) groups is 3. The lowest BCUT2D eigenvalue weighted by molar-refractivity contribution is -0.116. The number of anilines is 1. The third-order valence-electron chi connectivity index (χ3n) is 4.08. The van der Waals surface area contributed by atoms with Crippen molar-refractivity contribution >= 4 is 23.5 Å². The SMILES string of the molecule is CCn1ncc(NC(=O)Cn2ccc(C(=O)O)n2)c1C(=O)N1CCOCC1. The van der Waals surface area contributed by atoms with Crippen molar-refractivity contribution in [2.24, 2.45) is 0 Å². The lowest BCUT2D eigenvalue weighted by atomic mass is 10.2. The fourth-order valence-electron chi connectivity index (χ4n) is 2.76. The first-order valence-corrected chi connectivity index (χ1v) is 8.49. The Morgan fingerprint density at radius 1 is 1.30 bits per heavy atom. The molecule has 0 saturated carbocycles. The molecule has 3 heterocycles. The summed E-state index contributed by atoms with van der Waals surface area (Å²) >= 11 is 0. The monoisotopic (exact) mass is 376 g/mol. The number of aryl methyl sites for hydroxylation is 1. The zero-order valence-electron chi connectivity index (χ0n) is 14.8. The van der Waals surface area contributed by atoms with E-state index < -0.39 is 11.9 Å². The van der Waals surface area contributed by atoms with Crippen LogP contribution in [0.25, 0.3) is 0 Å². The van der Waals surface area contributed by atoms with Gasteiger partial charge in [-0.2, -0.15) is 10.2 Å². The lowest BCUT2D eigenvalue weighted by Gasteiger charge is -2.27. The van der Waals surface area contributed by atoms with Gasteiger partial charge in [0.05, 0.1) is 25.1 Å². The van der Waals surface area contributed by atoms with Crippen LogP contribution in [0, 0.1) is 0 Å². The number of aromatic nitrogens is 4. The molecule has 2 N–H and O–H groups in total. The molecule has 11 nitrogen and oxygen atoms in total. The fourth-order valence-corrected chi connectivity index (χ4v) is 2.76. The number of ether oxygens (including phenoxy) is 1. The third kappa shape index (κ3) is 4.14. The van der Waals surface area contributed by atoms with Crippen LogP contribution in [0.15, 0.2) is 18.5 Å². The molecular weight excluding hydrogens is 356 g/mol. The van der Waals surface area contributed by atoms with E-state index >= 15 is 0 Å². The summed E-state index contributed by atoms with van der Waals surface area (Å²) in [7, 11) is 0. The lowest BCUT2D eigenvalue weighted by Crippen LogP contribution is -2.41. The molecule has 1 saturated heterocycles. The molecule has 1 fully saturated rings. The van der Waals surface area contributed by atoms with Crippen molar-refractivity contribution in [2.45, 2.75) is 20.0 Å². The van der Waals surface area contributed by atoms with Crippen LogP contribution in [0.2, 0.25) is 0 Å². The van der Waals surface area contributed by atoms with Crippen LogP contribution in [0.3, 0.4) is 0 Å². The summed E-state index contributed by atoms with van der Waals surface area (Å²) in [5, 5.41) is 19.5. The minimum atomic E-state index is -1.17. The van der Waals surface area contributed by atoms with Crippen molar-refractivity contribution in [1.82, 2.24) is 24.5 Å². The Labute approximate surface area is 154 Å². The van der Waals surface area contributed by atoms with Gasteiger partial charge in [-0.3, -0.25) is 19.0 Å². The second-order valence-electron chi connectivity index (χ2n) is 5.88. The molecule has 2 aromatic heterocycles. The highest BCUT2D eigenvalue weighted by atomic mass is 16.5. The summed E-state index contributed by atoms with van der Waals surface area (Å²) in [6, 6.07) is 1.30. The van der Waals surface area contributed by atoms with E-state index in [0.29, 0.717) is 44.2 Å². The number of hydrogen-bond donors (Lipinski definition) is 2. The van der Waals surface area contributed by atoms with Gasteiger partial charge in [-0.25, -0.2) is 4.79 Å². The predicted octanol–water partition coefficient (Wildman–Crippen LogP) is -0.0912. The molecule has 3 rings (SSSR count). The summed E-state index contributed by atoms with van der Waals surface area (Å²) in [6.07, 6.45) is 2.83. The Morgan fingerprint density at radius 3 is 2.67 bits per heavy atom. The van der Waals surface area contributed by atoms with Gasteiger partial charge in [-0.05, 0) is 13.0 Å². The normalized spacial score (nSPS) is 14.2. The number of nitrogens with zero attached hydrogens (tertiary/aromatic N) is 5. The van der Waals surface area contributed by atoms with E-state index in [1.165, 1.54) is 27.8 Å². The zero-order chi connectivity index (χ0) is 19.4. The quantitative estimate of drug-likeness (QED) is 0.720. The average Bonchev–Trinajstić information content (AvgIpc) is 3.28. The van der Waals surface area contributed by atoms with Crippen LogP contribution in [-0.4, -0.2) is 73.7 Å². The Kier molecular flexibility index (Phi) is 5.50. The molecule has 0 bridgehead atoms. The van der Waals surface area contributed by atoms with Crippen molar-refractivity contribution in [3.63, 3.8) is 0 Å². The number of hydrogen-bond acceptors (Lipinski definition) is 6. The van der Waals surface area contributed by atoms with E-state index in [1.54, 1.807) is 4.90 Å². The molecule has 2 aromatic rings. The van der Waals surface area contributed by atoms with Crippen molar-refractivity contribution in [2.75, 3.05) is 31.6 Å². The maximum absolute atomic E-state index is 12.9. The molecule has 1 aliphatic rings. The highest BCUT2D eigenvalue weighted by Gasteiger charge is 2.26. The van der Waals surface area contributed by atoms with Crippen LogP contribution >= 0.6 is 0 Å². The summed E-state index contributed by atoms with van der Waals surface area (Å²) in [5.74, 6) is -1.83. The average molecular weight is 376 g/mol. The number of morpholine rings is 1. The van der Waals surface area contributed by atoms with Crippen LogP contribution < -0.4 is 5.32 Å². The molecule has 11 heteroatoms. The zero-order valence-corrected chi connectivity index (χ0v) is 14.8. The molecule has 0 aromatic carbocycles. The molecular formula is C16H20N6O5. The van der Waals surface area contributed by atoms with Gasteiger partial charge < -0.3 is 20.1 Å². The van der Waals surface area contributed by atoms with E-state index in [0.717, 1.165) is 0 Å². The number of carboxylic acids is 1. The molecule has 144 valence electrons. The van der Waals surface area contributed by atoms with Gasteiger partial charge >= 0.3 is 5.97 Å². The standard InChI is InChI=1S/C16H20N6O5/c1-2-22-14(15(24)20-5-7-27-8-6-20)12(9-17-22)18-13(23)10-21-4-3-11(19-21)16(25)26/h3-4,9H,2,5-8,10H2,1H3,(H,18,23)(H,25,26). The van der Waals surface area contributed by atoms with Crippen LogP contribution in [0.4, 0.5) is 5.69 Å². The van der Waals surface area contributed by atoms with E-state index in [4.69, 9.17) is 9.84 Å². The predicted molar refractivity (Wildman–Crippen MR) is 92.4 cm³/mol. The third-order valence-corrected chi connectivity index (χ3v) is 4.08. The number of rotatable bonds is 6. The molecule has 0 radical (unpaired) electrons. The molecule has 27 heavy (non-hydrogen) atoms. The Hall–Kier alpha value is -3.21. The molecule has 0 unspecified atom stereocenters. The molecule has 0 aliphatic carbocycles. The van der Waals surface area contributed by atoms with Gasteiger partial charge in [0.15, 0.2) is 5.69 Å². The Morgan fingerprint density at radius 2 is 2.04 bits per heavy atom. The van der Waals surface area contributed by atoms with Crippen molar-refractivity contribution in [1.29, 1.82) is 0 Å². The van der Waals surface area contributed by atoms with Crippen LogP contribution in [0.5, 0.6) is 0 Å². The van der Waals surface area contributed by atoms with E-state index in [2.05, 4.69) is 15.5 Å². The van der Waals surface area contributed by atoms with E-state index in [1.807, 2.05) is 6.92 Å². The Bertz CT molecular complexity index is 851. The first-order valence-electron chi connectivity index (χ1n) is 8.49. The minimum Gasteiger partial charge on any atom is -0.476 e. The number of amides is 2. The number of carboxylic acid groups (broad SMARTS) is 1. The highest BCUT2D eigenvalue weighted by Crippen LogP contribution is 2.18. The van der Waals surface area contributed by atoms with E-state index in [-0.39, 0.29) is 18.1 Å². The number of carbonyl (C=O) groups excluding carboxylic acids is 2. The van der Waals surface area contributed by atoms with Crippen LogP contribution in [0.1, 0.15) is 27.9 Å². The van der Waals surface area contributed by atoms with Gasteiger partial charge in [0.1, 0.15) is 12.2 Å². The second-order valence-corrected chi connectivity index (χ2v) is 5.88. The van der Waals surface area contributed by atoms with Crippen LogP contribution in [-0.2, 0) is 22.6 Å². The number of aromatic carboxylic acids is 1. The second kappa shape index (κ2) is 7.99. The maximum atomic E-state index is 12.9. The summed E-state index contributed by atoms with van der Waals surface area (Å²) in [4.78, 5) is 37.7. The van der Waals surface area contributed by atoms with Crippen molar-refractivity contribution in [3.05, 3.63) is 29.8 Å². The fraction of sp³-hybridized carbons (Fsp3) is 0.438. The van der Waals surface area contributed by atoms with Crippen molar-refractivity contribution < 1.29 is 24.2 Å². The largest absolute Gasteiger partial charge is 0.476 e. The summed E-state index contributed by atoms with van der Waals surface area (Å²) < 4.78 is 8.01. The molecule has 0 atom stereocenters. The molecule has 2 amide bonds. The summed E-state index contributed by atoms with van der Waals surface area (Å²) in [5.41, 5.74) is 0.466. The van der Waals surface area contributed by atoms with Crippen molar-refractivity contribution in [3.8, 4) is 0 Å². The minimum absolute atomic E-state index is 0.148. The summed E-state index contributed by atoms with van der Waals surface area (Å²) in [6.45, 7) is 4.04. The van der Waals surface area contributed by atoms with E-state index in [9.17, 15) is 14.4 Å². The smallest absolute Gasteiger partial charge is 0.356 e. The topological polar surface area (TPSA) is 132 Å². The maximum Gasteiger partial charge on any atom is 0.356 e. The van der Waals surface area contributed by atoms with Gasteiger partial charge in [0.2, 0.25) is 5.91 Å². The number of nitrogens with one attached hydrogen (secondary N) is 1. The van der Waals surface area contributed by atoms with Gasteiger partial charge in [-0.1, -0.05) is 0 Å². The van der Waals surface area contributed by atoms with Gasteiger partial charge in [-0.15, -0.1) is 0 Å². The first kappa shape index (κ1) is 18.6. The van der Waals surface area contributed by atoms with Gasteiger partial charge in [0.25, 0.3) is 5.91 Å². The molecule has 0 spiro atoms. The molecule has 1 aliphatic heterocycles. The first-order chi connectivity index (χ1) is 13.0. The van der Waals surface area contributed by atoms with Gasteiger partial charge in [0, 0.05) is 25.8 Å². The Balaban J connectivity index is 1.73. The highest BCUT2D eigenvalue weighted by molar-refractivity contribution is 6.02.